The van der Waals surface area contributed by atoms with Crippen LogP contribution in [-0.2, 0) is 0 Å². The highest BCUT2D eigenvalue weighted by molar-refractivity contribution is 6.24. The summed E-state index contributed by atoms with van der Waals surface area (Å²) in [5.41, 5.74) is 14.3. The molecular formula is C56H37NO. The van der Waals surface area contributed by atoms with Crippen molar-refractivity contribution in [2.45, 2.75) is 0 Å². The number of benzene rings is 10. The molecule has 0 amide bonds. The first kappa shape index (κ1) is 33.6. The highest BCUT2D eigenvalue weighted by Crippen LogP contribution is 2.43. The van der Waals surface area contributed by atoms with Crippen molar-refractivity contribution in [2.75, 3.05) is 4.90 Å². The maximum absolute atomic E-state index is 6.92. The van der Waals surface area contributed by atoms with E-state index >= 15 is 0 Å². The lowest BCUT2D eigenvalue weighted by atomic mass is 9.97. The van der Waals surface area contributed by atoms with Crippen LogP contribution in [0.4, 0.5) is 17.1 Å². The summed E-state index contributed by atoms with van der Waals surface area (Å²) >= 11 is 0. The van der Waals surface area contributed by atoms with Crippen LogP contribution in [-0.4, -0.2) is 0 Å². The fourth-order valence-electron chi connectivity index (χ4n) is 8.58. The molecule has 2 nitrogen and oxygen atoms in total. The maximum Gasteiger partial charge on any atom is 0.143 e. The van der Waals surface area contributed by atoms with Crippen LogP contribution >= 0.6 is 0 Å². The fraction of sp³-hybridized carbons (Fsp3) is 0. The smallest absolute Gasteiger partial charge is 0.143 e. The second-order valence-electron chi connectivity index (χ2n) is 14.9. The summed E-state index contributed by atoms with van der Waals surface area (Å²) in [5, 5.41) is 7.02. The van der Waals surface area contributed by atoms with Gasteiger partial charge in [0.1, 0.15) is 11.2 Å². The number of para-hydroxylation sites is 1. The van der Waals surface area contributed by atoms with E-state index in [1.807, 2.05) is 0 Å². The summed E-state index contributed by atoms with van der Waals surface area (Å²) in [4.78, 5) is 2.37. The van der Waals surface area contributed by atoms with Gasteiger partial charge in [-0.2, -0.15) is 0 Å². The summed E-state index contributed by atoms with van der Waals surface area (Å²) in [6, 6.07) is 80.6. The average molecular weight is 740 g/mol. The quantitative estimate of drug-likeness (QED) is 0.151. The zero-order valence-corrected chi connectivity index (χ0v) is 31.7. The van der Waals surface area contributed by atoms with Crippen molar-refractivity contribution in [1.82, 2.24) is 0 Å². The summed E-state index contributed by atoms with van der Waals surface area (Å²) in [6.07, 6.45) is 0. The molecule has 0 radical (unpaired) electrons. The van der Waals surface area contributed by atoms with Crippen molar-refractivity contribution in [3.05, 3.63) is 224 Å². The number of fused-ring (bicyclic) bond motifs is 7. The van der Waals surface area contributed by atoms with Gasteiger partial charge < -0.3 is 9.32 Å². The van der Waals surface area contributed by atoms with Crippen LogP contribution in [0.2, 0.25) is 0 Å². The first-order valence-corrected chi connectivity index (χ1v) is 19.8. The van der Waals surface area contributed by atoms with E-state index in [-0.39, 0.29) is 0 Å². The summed E-state index contributed by atoms with van der Waals surface area (Å²) in [5.74, 6) is 0. The second-order valence-corrected chi connectivity index (χ2v) is 14.9. The molecule has 0 spiro atoms. The molecular weight excluding hydrogens is 703 g/mol. The zero-order chi connectivity index (χ0) is 38.4. The number of hydrogen-bond donors (Lipinski definition) is 0. The third-order valence-electron chi connectivity index (χ3n) is 11.4. The van der Waals surface area contributed by atoms with E-state index < -0.39 is 0 Å². The number of nitrogens with zero attached hydrogens (tertiary/aromatic N) is 1. The fourth-order valence-corrected chi connectivity index (χ4v) is 8.58. The third-order valence-corrected chi connectivity index (χ3v) is 11.4. The standard InChI is InChI=1S/C56H37NO/c1-4-13-38(14-5-1)41-25-30-47(31-26-41)57(49-36-45(39-15-6-2-7-16-39)35-46(37-49)40-17-8-3-9-18-40)48-32-27-43(28-33-48)51-21-12-22-52-53-34-29-44-24-23-42-19-10-11-20-50(42)54(44)56(53)58-55(51)52/h1-37H. The number of hydrogen-bond acceptors (Lipinski definition) is 2. The normalized spacial score (nSPS) is 11.4. The van der Waals surface area contributed by atoms with Crippen LogP contribution < -0.4 is 4.90 Å². The summed E-state index contributed by atoms with van der Waals surface area (Å²) < 4.78 is 6.92. The molecule has 0 aliphatic heterocycles. The SMILES string of the molecule is c1ccc(-c2ccc(N(c3ccc(-c4cccc5c4oc4c5ccc5ccc6ccccc6c54)cc3)c3cc(-c4ccccc4)cc(-c4ccccc4)c3)cc2)cc1. The summed E-state index contributed by atoms with van der Waals surface area (Å²) in [6.45, 7) is 0. The van der Waals surface area contributed by atoms with Crippen LogP contribution in [0.5, 0.6) is 0 Å². The van der Waals surface area contributed by atoms with E-state index in [2.05, 4.69) is 229 Å². The Morgan fingerprint density at radius 2 is 0.759 bits per heavy atom. The molecule has 1 heterocycles. The molecule has 0 fully saturated rings. The molecule has 0 bridgehead atoms. The van der Waals surface area contributed by atoms with E-state index in [1.165, 1.54) is 38.4 Å². The first-order valence-electron chi connectivity index (χ1n) is 19.8. The van der Waals surface area contributed by atoms with Crippen LogP contribution in [0.3, 0.4) is 0 Å². The van der Waals surface area contributed by atoms with E-state index in [0.717, 1.165) is 66.6 Å². The number of rotatable bonds is 7. The molecule has 272 valence electrons. The summed E-state index contributed by atoms with van der Waals surface area (Å²) in [7, 11) is 0. The molecule has 0 N–H and O–H groups in total. The maximum atomic E-state index is 6.92. The average Bonchev–Trinajstić information content (AvgIpc) is 3.70. The number of anilines is 3. The Hall–Kier alpha value is -7.68. The Kier molecular flexibility index (Phi) is 8.19. The molecule has 11 aromatic rings. The molecule has 0 aliphatic rings. The van der Waals surface area contributed by atoms with Crippen molar-refractivity contribution in [2.24, 2.45) is 0 Å². The van der Waals surface area contributed by atoms with Gasteiger partial charge in [0.15, 0.2) is 0 Å². The van der Waals surface area contributed by atoms with Gasteiger partial charge >= 0.3 is 0 Å². The first-order chi connectivity index (χ1) is 28.7. The molecule has 0 atom stereocenters. The van der Waals surface area contributed by atoms with E-state index in [4.69, 9.17) is 4.42 Å². The van der Waals surface area contributed by atoms with Gasteiger partial charge in [0, 0.05) is 38.8 Å². The molecule has 1 aromatic heterocycles. The van der Waals surface area contributed by atoms with Gasteiger partial charge in [-0.3, -0.25) is 0 Å². The van der Waals surface area contributed by atoms with Crippen LogP contribution in [0.25, 0.3) is 88.0 Å². The van der Waals surface area contributed by atoms with Crippen molar-refractivity contribution in [3.63, 3.8) is 0 Å². The third kappa shape index (κ3) is 5.91. The minimum absolute atomic E-state index is 0.905. The van der Waals surface area contributed by atoms with Crippen molar-refractivity contribution >= 4 is 60.5 Å². The molecule has 0 saturated heterocycles. The zero-order valence-electron chi connectivity index (χ0n) is 31.7. The highest BCUT2D eigenvalue weighted by atomic mass is 16.3. The van der Waals surface area contributed by atoms with Gasteiger partial charge in [-0.15, -0.1) is 0 Å². The Morgan fingerprint density at radius 3 is 1.40 bits per heavy atom. The van der Waals surface area contributed by atoms with Gasteiger partial charge in [-0.05, 0) is 104 Å². The van der Waals surface area contributed by atoms with Crippen molar-refractivity contribution < 1.29 is 4.42 Å². The van der Waals surface area contributed by atoms with Crippen LogP contribution in [0.15, 0.2) is 229 Å². The van der Waals surface area contributed by atoms with Crippen LogP contribution in [0.1, 0.15) is 0 Å². The minimum atomic E-state index is 0.905. The lowest BCUT2D eigenvalue weighted by molar-refractivity contribution is 0.674. The Morgan fingerprint density at radius 1 is 0.276 bits per heavy atom. The monoisotopic (exact) mass is 739 g/mol. The largest absolute Gasteiger partial charge is 0.455 e. The molecule has 58 heavy (non-hydrogen) atoms. The van der Waals surface area contributed by atoms with Crippen LogP contribution in [0, 0.1) is 0 Å². The second kappa shape index (κ2) is 14.1. The van der Waals surface area contributed by atoms with Gasteiger partial charge in [0.2, 0.25) is 0 Å². The lowest BCUT2D eigenvalue weighted by Gasteiger charge is -2.27. The molecule has 0 aliphatic carbocycles. The number of furan rings is 1. The lowest BCUT2D eigenvalue weighted by Crippen LogP contribution is -2.10. The Labute approximate surface area is 337 Å². The minimum Gasteiger partial charge on any atom is -0.455 e. The molecule has 11 rings (SSSR count). The van der Waals surface area contributed by atoms with E-state index in [1.54, 1.807) is 0 Å². The van der Waals surface area contributed by atoms with Gasteiger partial charge in [-0.1, -0.05) is 176 Å². The topological polar surface area (TPSA) is 16.4 Å². The predicted octanol–water partition coefficient (Wildman–Crippen LogP) is 16.0. The molecule has 0 saturated carbocycles. The Balaban J connectivity index is 1.06. The predicted molar refractivity (Wildman–Crippen MR) is 245 cm³/mol. The van der Waals surface area contributed by atoms with Gasteiger partial charge in [-0.25, -0.2) is 0 Å². The van der Waals surface area contributed by atoms with E-state index in [9.17, 15) is 0 Å². The van der Waals surface area contributed by atoms with E-state index in [0.29, 0.717) is 0 Å². The van der Waals surface area contributed by atoms with Crippen molar-refractivity contribution in [3.8, 4) is 44.5 Å². The van der Waals surface area contributed by atoms with Gasteiger partial charge in [0.25, 0.3) is 0 Å². The molecule has 2 heteroatoms. The Bertz CT molecular complexity index is 3180. The molecule has 0 unspecified atom stereocenters. The van der Waals surface area contributed by atoms with Crippen molar-refractivity contribution in [1.29, 1.82) is 0 Å². The highest BCUT2D eigenvalue weighted by Gasteiger charge is 2.19. The van der Waals surface area contributed by atoms with Gasteiger partial charge in [0.05, 0.1) is 0 Å². The molecule has 10 aromatic carbocycles.